The maximum Gasteiger partial charge on any atom is 0.251 e. The molecule has 2 heterocycles. The van der Waals surface area contributed by atoms with Gasteiger partial charge in [-0.2, -0.15) is 0 Å². The second kappa shape index (κ2) is 7.15. The van der Waals surface area contributed by atoms with Crippen LogP contribution in [0.1, 0.15) is 16.8 Å². The Hall–Kier alpha value is -2.89. The lowest BCUT2D eigenvalue weighted by Gasteiger charge is -2.21. The highest BCUT2D eigenvalue weighted by atomic mass is 16.7. The lowest BCUT2D eigenvalue weighted by atomic mass is 10.1. The normalized spacial score (nSPS) is 18.0. The summed E-state index contributed by atoms with van der Waals surface area (Å²) in [5, 5.41) is 3.04. The van der Waals surface area contributed by atoms with Crippen LogP contribution in [0.4, 0.5) is 5.69 Å². The number of hydrogen-bond donors (Lipinski definition) is 1. The summed E-state index contributed by atoms with van der Waals surface area (Å²) in [6, 6.07) is 13.3. The van der Waals surface area contributed by atoms with E-state index >= 15 is 0 Å². The number of ether oxygens (including phenoxy) is 3. The smallest absolute Gasteiger partial charge is 0.251 e. The van der Waals surface area contributed by atoms with E-state index in [2.05, 4.69) is 16.3 Å². The van der Waals surface area contributed by atoms with E-state index in [0.29, 0.717) is 29.5 Å². The zero-order chi connectivity index (χ0) is 17.9. The van der Waals surface area contributed by atoms with Crippen LogP contribution in [0.2, 0.25) is 0 Å². The molecule has 0 bridgehead atoms. The number of nitrogens with zero attached hydrogens (tertiary/aromatic N) is 1. The summed E-state index contributed by atoms with van der Waals surface area (Å²) < 4.78 is 16.1. The first-order chi connectivity index (χ1) is 12.7. The molecule has 2 aliphatic heterocycles. The molecule has 4 rings (SSSR count). The Morgan fingerprint density at radius 2 is 2.08 bits per heavy atom. The van der Waals surface area contributed by atoms with Crippen LogP contribution >= 0.6 is 0 Å². The standard InChI is InChI=1S/C20H22N2O4/c1-24-17-5-3-2-4-16(17)22-9-8-14(12-22)11-21-20(23)15-6-7-18-19(10-15)26-13-25-18/h2-7,10,14H,8-9,11-13H2,1H3,(H,21,23)/t14-/m1/s1. The van der Waals surface area contributed by atoms with Gasteiger partial charge in [-0.15, -0.1) is 0 Å². The Labute approximate surface area is 152 Å². The second-order valence-corrected chi connectivity index (χ2v) is 6.55. The molecule has 0 unspecified atom stereocenters. The van der Waals surface area contributed by atoms with Gasteiger partial charge in [-0.25, -0.2) is 0 Å². The first kappa shape index (κ1) is 16.6. The predicted molar refractivity (Wildman–Crippen MR) is 98.2 cm³/mol. The molecule has 1 N–H and O–H groups in total. The van der Waals surface area contributed by atoms with Crippen molar-refractivity contribution in [2.45, 2.75) is 6.42 Å². The van der Waals surface area contributed by atoms with E-state index in [-0.39, 0.29) is 12.7 Å². The molecule has 0 aliphatic carbocycles. The minimum atomic E-state index is -0.0842. The van der Waals surface area contributed by atoms with Gasteiger partial charge in [0.15, 0.2) is 11.5 Å². The lowest BCUT2D eigenvalue weighted by molar-refractivity contribution is 0.0948. The van der Waals surface area contributed by atoms with Gasteiger partial charge < -0.3 is 24.4 Å². The van der Waals surface area contributed by atoms with Gasteiger partial charge in [-0.05, 0) is 42.7 Å². The van der Waals surface area contributed by atoms with Crippen LogP contribution in [0.15, 0.2) is 42.5 Å². The van der Waals surface area contributed by atoms with E-state index in [4.69, 9.17) is 14.2 Å². The van der Waals surface area contributed by atoms with E-state index in [1.54, 1.807) is 25.3 Å². The van der Waals surface area contributed by atoms with E-state index in [1.165, 1.54) is 0 Å². The molecule has 1 saturated heterocycles. The molecular formula is C20H22N2O4. The fourth-order valence-corrected chi connectivity index (χ4v) is 3.49. The van der Waals surface area contributed by atoms with Gasteiger partial charge in [0.05, 0.1) is 12.8 Å². The molecule has 2 aromatic carbocycles. The number of hydrogen-bond acceptors (Lipinski definition) is 5. The summed E-state index contributed by atoms with van der Waals surface area (Å²) in [5.41, 5.74) is 1.70. The van der Waals surface area contributed by atoms with Crippen LogP contribution in [0.5, 0.6) is 17.2 Å². The van der Waals surface area contributed by atoms with Crippen LogP contribution < -0.4 is 24.4 Å². The maximum atomic E-state index is 12.4. The molecular weight excluding hydrogens is 332 g/mol. The van der Waals surface area contributed by atoms with Crippen LogP contribution in [0, 0.1) is 5.92 Å². The summed E-state index contributed by atoms with van der Waals surface area (Å²) in [5.74, 6) is 2.53. The summed E-state index contributed by atoms with van der Waals surface area (Å²) >= 11 is 0. The summed E-state index contributed by atoms with van der Waals surface area (Å²) in [4.78, 5) is 14.7. The van der Waals surface area contributed by atoms with Crippen molar-refractivity contribution in [3.8, 4) is 17.2 Å². The van der Waals surface area contributed by atoms with Crippen LogP contribution in [-0.2, 0) is 0 Å². The second-order valence-electron chi connectivity index (χ2n) is 6.55. The molecule has 26 heavy (non-hydrogen) atoms. The van der Waals surface area contributed by atoms with Gasteiger partial charge >= 0.3 is 0 Å². The Morgan fingerprint density at radius 1 is 1.23 bits per heavy atom. The third-order valence-electron chi connectivity index (χ3n) is 4.90. The van der Waals surface area contributed by atoms with Gasteiger partial charge in [0.2, 0.25) is 6.79 Å². The molecule has 6 nitrogen and oxygen atoms in total. The molecule has 0 saturated carbocycles. The lowest BCUT2D eigenvalue weighted by Crippen LogP contribution is -2.31. The van der Waals surface area contributed by atoms with Gasteiger partial charge in [-0.1, -0.05) is 12.1 Å². The molecule has 1 atom stereocenters. The van der Waals surface area contributed by atoms with Crippen molar-refractivity contribution in [1.82, 2.24) is 5.32 Å². The average Bonchev–Trinajstić information content (AvgIpc) is 3.34. The topological polar surface area (TPSA) is 60.0 Å². The van der Waals surface area contributed by atoms with Crippen molar-refractivity contribution in [3.05, 3.63) is 48.0 Å². The largest absolute Gasteiger partial charge is 0.495 e. The van der Waals surface area contributed by atoms with Crippen LogP contribution in [-0.4, -0.2) is 39.4 Å². The van der Waals surface area contributed by atoms with Crippen molar-refractivity contribution < 1.29 is 19.0 Å². The van der Waals surface area contributed by atoms with E-state index in [0.717, 1.165) is 30.9 Å². The van der Waals surface area contributed by atoms with Crippen LogP contribution in [0.3, 0.4) is 0 Å². The third-order valence-corrected chi connectivity index (χ3v) is 4.90. The third kappa shape index (κ3) is 3.27. The SMILES string of the molecule is COc1ccccc1N1CC[C@H](CNC(=O)c2ccc3c(c2)OCO3)C1. The predicted octanol–water partition coefficient (Wildman–Crippen LogP) is 2.68. The fraction of sp³-hybridized carbons (Fsp3) is 0.350. The molecule has 0 spiro atoms. The highest BCUT2D eigenvalue weighted by molar-refractivity contribution is 5.94. The molecule has 1 fully saturated rings. The van der Waals surface area contributed by atoms with Crippen molar-refractivity contribution in [2.24, 2.45) is 5.92 Å². The summed E-state index contributed by atoms with van der Waals surface area (Å²) in [6.07, 6.45) is 1.04. The maximum absolute atomic E-state index is 12.4. The number of nitrogens with one attached hydrogen (secondary N) is 1. The number of carbonyl (C=O) groups is 1. The van der Waals surface area contributed by atoms with E-state index in [9.17, 15) is 4.79 Å². The molecule has 0 radical (unpaired) electrons. The zero-order valence-corrected chi connectivity index (χ0v) is 14.7. The highest BCUT2D eigenvalue weighted by Gasteiger charge is 2.25. The van der Waals surface area contributed by atoms with Crippen molar-refractivity contribution >= 4 is 11.6 Å². The average molecular weight is 354 g/mol. The molecule has 136 valence electrons. The van der Waals surface area contributed by atoms with E-state index in [1.807, 2.05) is 18.2 Å². The van der Waals surface area contributed by atoms with Gasteiger partial charge in [0.25, 0.3) is 5.91 Å². The molecule has 1 amide bonds. The Morgan fingerprint density at radius 3 is 2.96 bits per heavy atom. The quantitative estimate of drug-likeness (QED) is 0.895. The first-order valence-corrected chi connectivity index (χ1v) is 8.80. The van der Waals surface area contributed by atoms with E-state index < -0.39 is 0 Å². The summed E-state index contributed by atoms with van der Waals surface area (Å²) in [6.45, 7) is 2.73. The number of rotatable bonds is 5. The minimum Gasteiger partial charge on any atom is -0.495 e. The van der Waals surface area contributed by atoms with Gasteiger partial charge in [-0.3, -0.25) is 4.79 Å². The molecule has 0 aromatic heterocycles. The summed E-state index contributed by atoms with van der Waals surface area (Å²) in [7, 11) is 1.69. The number of anilines is 1. The van der Waals surface area contributed by atoms with Gasteiger partial charge in [0.1, 0.15) is 5.75 Å². The highest BCUT2D eigenvalue weighted by Crippen LogP contribution is 2.33. The molecule has 2 aliphatic rings. The number of fused-ring (bicyclic) bond motifs is 1. The molecule has 2 aromatic rings. The molecule has 6 heteroatoms. The van der Waals surface area contributed by atoms with Gasteiger partial charge in [0, 0.05) is 25.2 Å². The number of para-hydroxylation sites is 2. The first-order valence-electron chi connectivity index (χ1n) is 8.80. The van der Waals surface area contributed by atoms with Crippen molar-refractivity contribution in [1.29, 1.82) is 0 Å². The Kier molecular flexibility index (Phi) is 4.56. The zero-order valence-electron chi connectivity index (χ0n) is 14.7. The van der Waals surface area contributed by atoms with Crippen LogP contribution in [0.25, 0.3) is 0 Å². The number of methoxy groups -OCH3 is 1. The van der Waals surface area contributed by atoms with Crippen molar-refractivity contribution in [2.75, 3.05) is 38.4 Å². The fourth-order valence-electron chi connectivity index (χ4n) is 3.49. The number of benzene rings is 2. The Bertz CT molecular complexity index is 808. The monoisotopic (exact) mass is 354 g/mol. The van der Waals surface area contributed by atoms with Crippen molar-refractivity contribution in [3.63, 3.8) is 0 Å². The number of carbonyl (C=O) groups excluding carboxylic acids is 1. The Balaban J connectivity index is 1.33. The number of amides is 1. The minimum absolute atomic E-state index is 0.0842.